The Morgan fingerprint density at radius 1 is 0.310 bits per heavy atom. The average Bonchev–Trinajstić information content (AvgIpc) is 3.71. The predicted octanol–water partition coefficient (Wildman–Crippen LogP) is 15.1. The summed E-state index contributed by atoms with van der Waals surface area (Å²) in [5.74, 6) is -0.310. The van der Waals surface area contributed by atoms with Crippen LogP contribution in [0.4, 0.5) is 63.1 Å². The van der Waals surface area contributed by atoms with Crippen LogP contribution >= 0.6 is 0 Å². The quantitative estimate of drug-likeness (QED) is 0.143. The molecule has 0 spiro atoms. The summed E-state index contributed by atoms with van der Waals surface area (Å²) in [6.07, 6.45) is 0. The van der Waals surface area contributed by atoms with Crippen LogP contribution < -0.4 is 19.6 Å². The van der Waals surface area contributed by atoms with E-state index in [1.54, 1.807) is 24.3 Å². The molecule has 0 bridgehead atoms. The van der Waals surface area contributed by atoms with Gasteiger partial charge in [-0.1, -0.05) is 79.7 Å². The van der Waals surface area contributed by atoms with Gasteiger partial charge in [0, 0.05) is 22.7 Å². The number of halogens is 4. The van der Waals surface area contributed by atoms with Gasteiger partial charge in [-0.25, -0.2) is 17.6 Å². The normalized spacial score (nSPS) is 13.9. The first-order valence-electron chi connectivity index (χ1n) is 20.1. The maximum absolute atomic E-state index is 15.6. The molecule has 0 saturated carbocycles. The van der Waals surface area contributed by atoms with E-state index in [2.05, 4.69) is 19.6 Å². The minimum atomic E-state index is -0.297. The third-order valence-corrected chi connectivity index (χ3v) is 11.2. The third-order valence-electron chi connectivity index (χ3n) is 11.2. The van der Waals surface area contributed by atoms with Crippen LogP contribution in [0.15, 0.2) is 133 Å². The molecule has 0 unspecified atom stereocenters. The molecule has 0 saturated heterocycles. The van der Waals surface area contributed by atoms with E-state index in [-0.39, 0.29) is 46.9 Å². The molecule has 0 aliphatic carbocycles. The minimum absolute atomic E-state index is 0.109. The van der Waals surface area contributed by atoms with Crippen molar-refractivity contribution in [3.05, 3.63) is 178 Å². The third kappa shape index (κ3) is 6.48. The van der Waals surface area contributed by atoms with E-state index < -0.39 is 0 Å². The number of rotatable bonds is 8. The summed E-state index contributed by atoms with van der Waals surface area (Å²) in [5, 5.41) is 0. The van der Waals surface area contributed by atoms with E-state index in [1.807, 2.05) is 128 Å². The number of para-hydroxylation sites is 4. The van der Waals surface area contributed by atoms with Crippen LogP contribution in [0.2, 0.25) is 0 Å². The molecule has 8 rings (SSSR count). The largest absolute Gasteiger partial charge is 0.291 e. The summed E-state index contributed by atoms with van der Waals surface area (Å²) in [6, 6.07) is 36.7. The van der Waals surface area contributed by atoms with Crippen LogP contribution in [0.25, 0.3) is 0 Å². The van der Waals surface area contributed by atoms with Crippen molar-refractivity contribution in [2.45, 2.75) is 79.1 Å². The highest BCUT2D eigenvalue weighted by molar-refractivity contribution is 6.00. The van der Waals surface area contributed by atoms with Gasteiger partial charge in [0.05, 0.1) is 22.7 Å². The number of anilines is 8. The van der Waals surface area contributed by atoms with Gasteiger partial charge in [0.25, 0.3) is 0 Å². The molecule has 4 nitrogen and oxygen atoms in total. The SMILES string of the molecule is CC(C)c1cc(N2C(=C3N(c4ccc(F)c(C(C)C)c4)c4ccccc4N3c3ccc(F)c(C(C)C)c3)N(c3ccc(F)c(C(C)C)c3)c3ccccc32)ccc1F. The number of benzene rings is 6. The molecule has 6 aromatic rings. The number of nitrogens with zero attached hydrogens (tertiary/aromatic N) is 4. The van der Waals surface area contributed by atoms with Crippen LogP contribution in [-0.2, 0) is 0 Å². The topological polar surface area (TPSA) is 13.0 Å². The molecule has 0 N–H and O–H groups in total. The molecule has 8 heteroatoms. The maximum Gasteiger partial charge on any atom is 0.166 e. The molecular weight excluding hydrogens is 733 g/mol. The lowest BCUT2D eigenvalue weighted by Gasteiger charge is -2.35. The van der Waals surface area contributed by atoms with Gasteiger partial charge in [0.15, 0.2) is 11.6 Å². The number of hydrogen-bond acceptors (Lipinski definition) is 4. The maximum atomic E-state index is 15.6. The van der Waals surface area contributed by atoms with Crippen molar-refractivity contribution in [3.63, 3.8) is 0 Å². The molecule has 0 atom stereocenters. The zero-order chi connectivity index (χ0) is 41.2. The van der Waals surface area contributed by atoms with Gasteiger partial charge >= 0.3 is 0 Å². The molecule has 2 aliphatic heterocycles. The first-order valence-corrected chi connectivity index (χ1v) is 20.1. The van der Waals surface area contributed by atoms with Crippen LogP contribution in [0, 0.1) is 23.3 Å². The highest BCUT2D eigenvalue weighted by atomic mass is 19.1. The van der Waals surface area contributed by atoms with E-state index in [1.165, 1.54) is 24.3 Å². The van der Waals surface area contributed by atoms with Gasteiger partial charge in [-0.2, -0.15) is 0 Å². The van der Waals surface area contributed by atoms with E-state index in [4.69, 9.17) is 0 Å². The molecule has 0 radical (unpaired) electrons. The van der Waals surface area contributed by atoms with Crippen molar-refractivity contribution in [2.75, 3.05) is 19.6 Å². The van der Waals surface area contributed by atoms with E-state index >= 15 is 17.6 Å². The van der Waals surface area contributed by atoms with Crippen molar-refractivity contribution in [3.8, 4) is 0 Å². The Morgan fingerprint density at radius 3 is 0.707 bits per heavy atom. The van der Waals surface area contributed by atoms with Crippen LogP contribution in [0.1, 0.15) is 101 Å². The van der Waals surface area contributed by atoms with Crippen molar-refractivity contribution in [1.29, 1.82) is 0 Å². The summed E-state index contributed by atoms with van der Waals surface area (Å²) < 4.78 is 62.3. The van der Waals surface area contributed by atoms with Crippen LogP contribution in [0.3, 0.4) is 0 Å². The minimum Gasteiger partial charge on any atom is -0.291 e. The molecule has 0 aromatic heterocycles. The van der Waals surface area contributed by atoms with Gasteiger partial charge in [0.2, 0.25) is 0 Å². The molecule has 6 aromatic carbocycles. The van der Waals surface area contributed by atoms with Crippen molar-refractivity contribution >= 4 is 45.5 Å². The predicted molar refractivity (Wildman–Crippen MR) is 230 cm³/mol. The molecule has 0 fully saturated rings. The fraction of sp³-hybridized carbons (Fsp3) is 0.240. The summed E-state index contributed by atoms with van der Waals surface area (Å²) in [7, 11) is 0. The summed E-state index contributed by atoms with van der Waals surface area (Å²) in [5.41, 5.74) is 8.39. The van der Waals surface area contributed by atoms with Crippen LogP contribution in [-0.4, -0.2) is 0 Å². The smallest absolute Gasteiger partial charge is 0.166 e. The van der Waals surface area contributed by atoms with Crippen LogP contribution in [0.5, 0.6) is 0 Å². The van der Waals surface area contributed by atoms with Crippen molar-refractivity contribution in [2.24, 2.45) is 0 Å². The summed E-state index contributed by atoms with van der Waals surface area (Å²) >= 11 is 0. The molecule has 58 heavy (non-hydrogen) atoms. The van der Waals surface area contributed by atoms with Crippen molar-refractivity contribution < 1.29 is 17.6 Å². The average molecular weight is 781 g/mol. The fourth-order valence-electron chi connectivity index (χ4n) is 8.24. The zero-order valence-electron chi connectivity index (χ0n) is 34.2. The standard InChI is InChI=1S/C50H48F4N4/c1-29(2)37-25-33(17-21-41(37)51)55-45-13-9-10-14-46(45)56(34-18-22-42(52)38(26-34)30(3)4)49(55)50-57(35-19-23-43(53)39(27-35)31(5)6)47-15-11-12-16-48(47)58(50)36-20-24-44(54)40(28-36)32(7)8/h9-32H,1-8H3. The van der Waals surface area contributed by atoms with Gasteiger partial charge < -0.3 is 0 Å². The highest BCUT2D eigenvalue weighted by Crippen LogP contribution is 2.57. The molecule has 0 amide bonds. The second-order valence-corrected chi connectivity index (χ2v) is 16.4. The van der Waals surface area contributed by atoms with Gasteiger partial charge in [0.1, 0.15) is 23.3 Å². The Kier molecular flexibility index (Phi) is 10.1. The molecule has 296 valence electrons. The number of hydrogen-bond donors (Lipinski definition) is 0. The van der Waals surface area contributed by atoms with Crippen molar-refractivity contribution in [1.82, 2.24) is 0 Å². The Hall–Kier alpha value is -6.02. The second kappa shape index (κ2) is 15.1. The molecule has 2 heterocycles. The number of fused-ring (bicyclic) bond motifs is 2. The van der Waals surface area contributed by atoms with Gasteiger partial charge in [-0.3, -0.25) is 19.6 Å². The Labute approximate surface area is 339 Å². The zero-order valence-corrected chi connectivity index (χ0v) is 34.2. The summed E-state index contributed by atoms with van der Waals surface area (Å²) in [4.78, 5) is 8.50. The second-order valence-electron chi connectivity index (χ2n) is 16.4. The first-order chi connectivity index (χ1) is 27.8. The highest BCUT2D eigenvalue weighted by Gasteiger charge is 2.45. The van der Waals surface area contributed by atoms with Gasteiger partial charge in [-0.05, 0) is 143 Å². The Bertz CT molecular complexity index is 2220. The molecule has 2 aliphatic rings. The summed E-state index contributed by atoms with van der Waals surface area (Å²) in [6.45, 7) is 15.8. The lowest BCUT2D eigenvalue weighted by Crippen LogP contribution is -2.33. The van der Waals surface area contributed by atoms with E-state index in [0.29, 0.717) is 56.6 Å². The lowest BCUT2D eigenvalue weighted by molar-refractivity contribution is 0.597. The first kappa shape index (κ1) is 38.8. The fourth-order valence-corrected chi connectivity index (χ4v) is 8.24. The monoisotopic (exact) mass is 780 g/mol. The van der Waals surface area contributed by atoms with Gasteiger partial charge in [-0.15, -0.1) is 0 Å². The Morgan fingerprint density at radius 2 is 0.517 bits per heavy atom. The van der Waals surface area contributed by atoms with E-state index in [9.17, 15) is 0 Å². The lowest BCUT2D eigenvalue weighted by atomic mass is 10.0. The molecular formula is C50H48F4N4. The Balaban J connectivity index is 1.56. The van der Waals surface area contributed by atoms with E-state index in [0.717, 1.165) is 22.7 Å².